The molecule has 0 saturated heterocycles. The van der Waals surface area contributed by atoms with Crippen molar-refractivity contribution in [1.29, 1.82) is 0 Å². The van der Waals surface area contributed by atoms with E-state index in [1.54, 1.807) is 22.7 Å². The molecule has 0 saturated carbocycles. The van der Waals surface area contributed by atoms with Gasteiger partial charge in [-0.25, -0.2) is 0 Å². The average Bonchev–Trinajstić information content (AvgIpc) is 3.11. The molecule has 3 heteroatoms. The minimum absolute atomic E-state index is 0.704. The Bertz CT molecular complexity index is 511. The van der Waals surface area contributed by atoms with Crippen LogP contribution in [0.25, 0.3) is 9.75 Å². The summed E-state index contributed by atoms with van der Waals surface area (Å²) in [5, 5.41) is 15.1. The van der Waals surface area contributed by atoms with E-state index in [1.807, 2.05) is 6.92 Å². The topological polar surface area (TPSA) is 20.2 Å². The lowest BCUT2D eigenvalue weighted by atomic mass is 9.90. The molecule has 0 radical (unpaired) electrons. The van der Waals surface area contributed by atoms with Gasteiger partial charge in [-0.15, -0.1) is 22.7 Å². The average molecular weight is 323 g/mol. The summed E-state index contributed by atoms with van der Waals surface area (Å²) in [6.07, 6.45) is 8.45. The number of thiophene rings is 2. The Morgan fingerprint density at radius 1 is 1.00 bits per heavy atom. The van der Waals surface area contributed by atoms with Crippen molar-refractivity contribution in [2.75, 3.05) is 0 Å². The van der Waals surface area contributed by atoms with E-state index in [0.29, 0.717) is 0 Å². The molecule has 1 nitrogen and oxygen atoms in total. The van der Waals surface area contributed by atoms with Gasteiger partial charge < -0.3 is 5.11 Å². The van der Waals surface area contributed by atoms with Crippen molar-refractivity contribution in [3.05, 3.63) is 34.5 Å². The Balaban J connectivity index is 1.92. The second-order valence-corrected chi connectivity index (χ2v) is 7.80. The largest absolute Gasteiger partial charge is 0.385 e. The van der Waals surface area contributed by atoms with E-state index in [2.05, 4.69) is 35.9 Å². The third-order valence-corrected chi connectivity index (χ3v) is 5.97. The molecule has 1 atom stereocenters. The number of unbranched alkanes of at least 4 members (excludes halogenated alkanes) is 5. The van der Waals surface area contributed by atoms with Gasteiger partial charge in [0.2, 0.25) is 0 Å². The summed E-state index contributed by atoms with van der Waals surface area (Å²) in [6, 6.07) is 6.31. The van der Waals surface area contributed by atoms with Crippen LogP contribution in [0.1, 0.15) is 64.4 Å². The first-order valence-corrected chi connectivity index (χ1v) is 9.75. The van der Waals surface area contributed by atoms with Gasteiger partial charge in [-0.3, -0.25) is 0 Å². The van der Waals surface area contributed by atoms with Crippen molar-refractivity contribution in [1.82, 2.24) is 0 Å². The highest BCUT2D eigenvalue weighted by Crippen LogP contribution is 2.40. The summed E-state index contributed by atoms with van der Waals surface area (Å²) in [5.41, 5.74) is 0.396. The Morgan fingerprint density at radius 2 is 1.76 bits per heavy atom. The van der Waals surface area contributed by atoms with Crippen molar-refractivity contribution < 1.29 is 5.11 Å². The van der Waals surface area contributed by atoms with Crippen molar-refractivity contribution in [3.8, 4) is 9.75 Å². The van der Waals surface area contributed by atoms with Crippen LogP contribution in [-0.2, 0) is 5.60 Å². The van der Waals surface area contributed by atoms with Gasteiger partial charge in [0.05, 0.1) is 10.5 Å². The molecule has 2 rings (SSSR count). The predicted molar refractivity (Wildman–Crippen MR) is 95.2 cm³/mol. The highest BCUT2D eigenvalue weighted by atomic mass is 32.1. The first-order valence-electron chi connectivity index (χ1n) is 7.99. The Kier molecular flexibility index (Phi) is 6.46. The van der Waals surface area contributed by atoms with Gasteiger partial charge in [-0.05, 0) is 36.2 Å². The van der Waals surface area contributed by atoms with Crippen LogP contribution < -0.4 is 0 Å². The van der Waals surface area contributed by atoms with E-state index in [9.17, 15) is 5.11 Å². The zero-order chi connectivity index (χ0) is 15.1. The predicted octanol–water partition coefficient (Wildman–Crippen LogP) is 6.43. The molecule has 1 N–H and O–H groups in total. The molecule has 0 spiro atoms. The zero-order valence-corrected chi connectivity index (χ0v) is 14.7. The molecule has 2 aromatic heterocycles. The normalized spacial score (nSPS) is 14.2. The maximum absolute atomic E-state index is 10.9. The van der Waals surface area contributed by atoms with Crippen LogP contribution in [0.4, 0.5) is 0 Å². The second-order valence-electron chi connectivity index (χ2n) is 5.93. The number of hydrogen-bond donors (Lipinski definition) is 1. The van der Waals surface area contributed by atoms with E-state index in [-0.39, 0.29) is 0 Å². The highest BCUT2D eigenvalue weighted by Gasteiger charge is 2.27. The molecule has 0 aliphatic carbocycles. The summed E-state index contributed by atoms with van der Waals surface area (Å²) in [4.78, 5) is 2.50. The monoisotopic (exact) mass is 322 g/mol. The summed E-state index contributed by atoms with van der Waals surface area (Å²) in [7, 11) is 0. The Morgan fingerprint density at radius 3 is 2.48 bits per heavy atom. The maximum Gasteiger partial charge on any atom is 0.0882 e. The lowest BCUT2D eigenvalue weighted by Gasteiger charge is -2.24. The molecule has 21 heavy (non-hydrogen) atoms. The second kappa shape index (κ2) is 8.11. The van der Waals surface area contributed by atoms with E-state index in [1.165, 1.54) is 41.9 Å². The van der Waals surface area contributed by atoms with E-state index < -0.39 is 5.60 Å². The first kappa shape index (κ1) is 16.7. The number of aliphatic hydroxyl groups is 1. The van der Waals surface area contributed by atoms with E-state index >= 15 is 0 Å². The molecule has 0 bridgehead atoms. The molecule has 0 aliphatic rings. The maximum atomic E-state index is 10.9. The van der Waals surface area contributed by atoms with Crippen LogP contribution in [0.2, 0.25) is 0 Å². The standard InChI is InChI=1S/C18H26OS2/c1-3-4-5-6-7-8-12-18(2,19)15-11-14-21-17(15)16-10-9-13-20-16/h9-11,13-14,19H,3-8,12H2,1-2H3. The lowest BCUT2D eigenvalue weighted by Crippen LogP contribution is -2.20. The van der Waals surface area contributed by atoms with Crippen LogP contribution in [0.15, 0.2) is 29.0 Å². The molecular formula is C18H26OS2. The van der Waals surface area contributed by atoms with Gasteiger partial charge in [0.15, 0.2) is 0 Å². The molecule has 2 heterocycles. The van der Waals surface area contributed by atoms with Crippen LogP contribution in [0.5, 0.6) is 0 Å². The van der Waals surface area contributed by atoms with E-state index in [4.69, 9.17) is 0 Å². The summed E-state index contributed by atoms with van der Waals surface area (Å²) in [5.74, 6) is 0. The van der Waals surface area contributed by atoms with Crippen LogP contribution in [0, 0.1) is 0 Å². The van der Waals surface area contributed by atoms with Gasteiger partial charge in [-0.1, -0.05) is 51.5 Å². The smallest absolute Gasteiger partial charge is 0.0882 e. The van der Waals surface area contributed by atoms with Gasteiger partial charge in [0, 0.05) is 10.4 Å². The quantitative estimate of drug-likeness (QED) is 0.527. The molecule has 0 aliphatic heterocycles. The fourth-order valence-corrected chi connectivity index (χ4v) is 4.62. The fraction of sp³-hybridized carbons (Fsp3) is 0.556. The van der Waals surface area contributed by atoms with Gasteiger partial charge in [0.1, 0.15) is 0 Å². The Labute approximate surface area is 136 Å². The highest BCUT2D eigenvalue weighted by molar-refractivity contribution is 7.20. The third-order valence-electron chi connectivity index (χ3n) is 4.01. The first-order chi connectivity index (χ1) is 10.1. The number of hydrogen-bond acceptors (Lipinski definition) is 3. The van der Waals surface area contributed by atoms with Gasteiger partial charge in [-0.2, -0.15) is 0 Å². The fourth-order valence-electron chi connectivity index (χ4n) is 2.72. The summed E-state index contributed by atoms with van der Waals surface area (Å²) >= 11 is 3.48. The molecule has 0 aromatic carbocycles. The molecule has 0 fully saturated rings. The molecule has 1 unspecified atom stereocenters. The van der Waals surface area contributed by atoms with Crippen LogP contribution >= 0.6 is 22.7 Å². The molecular weight excluding hydrogens is 296 g/mol. The minimum Gasteiger partial charge on any atom is -0.385 e. The van der Waals surface area contributed by atoms with Crippen molar-refractivity contribution in [2.24, 2.45) is 0 Å². The van der Waals surface area contributed by atoms with Crippen molar-refractivity contribution in [2.45, 2.75) is 64.4 Å². The van der Waals surface area contributed by atoms with Crippen LogP contribution in [0.3, 0.4) is 0 Å². The zero-order valence-electron chi connectivity index (χ0n) is 13.1. The SMILES string of the molecule is CCCCCCCCC(C)(O)c1ccsc1-c1cccs1. The molecule has 116 valence electrons. The van der Waals surface area contributed by atoms with Crippen LogP contribution in [-0.4, -0.2) is 5.11 Å². The number of rotatable bonds is 9. The van der Waals surface area contributed by atoms with Crippen molar-refractivity contribution in [3.63, 3.8) is 0 Å². The summed E-state index contributed by atoms with van der Waals surface area (Å²) in [6.45, 7) is 4.21. The van der Waals surface area contributed by atoms with Crippen molar-refractivity contribution >= 4 is 22.7 Å². The van der Waals surface area contributed by atoms with E-state index in [0.717, 1.165) is 18.4 Å². The minimum atomic E-state index is -0.704. The lowest BCUT2D eigenvalue weighted by molar-refractivity contribution is 0.0458. The van der Waals surface area contributed by atoms with Gasteiger partial charge >= 0.3 is 0 Å². The molecule has 0 amide bonds. The Hall–Kier alpha value is -0.640. The van der Waals surface area contributed by atoms with Gasteiger partial charge in [0.25, 0.3) is 0 Å². The third kappa shape index (κ3) is 4.67. The molecule has 2 aromatic rings. The summed E-state index contributed by atoms with van der Waals surface area (Å²) < 4.78 is 0.